The Morgan fingerprint density at radius 2 is 1.69 bits per heavy atom. The summed E-state index contributed by atoms with van der Waals surface area (Å²) in [5.41, 5.74) is 1.10. The molecule has 3 fully saturated rings. The molecule has 1 aromatic carbocycles. The minimum Gasteiger partial charge on any atom is -0.277 e. The number of hydrogen-bond acceptors (Lipinski definition) is 3. The zero-order chi connectivity index (χ0) is 19.4. The molecule has 5 nitrogen and oxygen atoms in total. The van der Waals surface area contributed by atoms with Crippen LogP contribution in [-0.4, -0.2) is 26.7 Å². The maximum atomic E-state index is 13.4. The number of rotatable bonds is 2. The van der Waals surface area contributed by atoms with Gasteiger partial charge in [0, 0.05) is 23.4 Å². The van der Waals surface area contributed by atoms with E-state index < -0.39 is 0 Å². The average Bonchev–Trinajstić information content (AvgIpc) is 3.54. The molecule has 1 aliphatic heterocycles. The number of aromatic nitrogens is 3. The Labute approximate surface area is 172 Å². The summed E-state index contributed by atoms with van der Waals surface area (Å²) in [5, 5.41) is 5.11. The molecule has 0 bridgehead atoms. The van der Waals surface area contributed by atoms with Gasteiger partial charge in [0.05, 0.1) is 5.54 Å². The molecule has 5 heteroatoms. The van der Waals surface area contributed by atoms with Gasteiger partial charge in [-0.3, -0.25) is 9.69 Å². The van der Waals surface area contributed by atoms with Crippen LogP contribution in [0.15, 0.2) is 30.3 Å². The molecule has 2 heterocycles. The van der Waals surface area contributed by atoms with Gasteiger partial charge in [-0.25, -0.2) is 4.68 Å². The second-order valence-electron chi connectivity index (χ2n) is 9.62. The molecule has 0 radical (unpaired) electrons. The van der Waals surface area contributed by atoms with Gasteiger partial charge in [0.1, 0.15) is 0 Å². The summed E-state index contributed by atoms with van der Waals surface area (Å²) < 4.78 is 2.24. The summed E-state index contributed by atoms with van der Waals surface area (Å²) in [6, 6.07) is 10.6. The van der Waals surface area contributed by atoms with Gasteiger partial charge in [-0.2, -0.15) is 4.98 Å². The second-order valence-corrected chi connectivity index (χ2v) is 9.62. The first kappa shape index (κ1) is 17.7. The van der Waals surface area contributed by atoms with E-state index in [1.54, 1.807) is 0 Å². The standard InChI is InChI=1S/C24H30N4O/c29-22(18-13-14-18)27-20-12-6-5-11-19(20)24(15-7-2-8-16-24)28-23(27)25-21(26-28)17-9-3-1-4-10-17/h1,3-4,9-10,18-20H,2,5-8,11-16H2. The molecule has 29 heavy (non-hydrogen) atoms. The van der Waals surface area contributed by atoms with Crippen molar-refractivity contribution >= 4 is 11.9 Å². The summed E-state index contributed by atoms with van der Waals surface area (Å²) in [7, 11) is 0. The van der Waals surface area contributed by atoms with Crippen LogP contribution in [0.2, 0.25) is 0 Å². The van der Waals surface area contributed by atoms with Crippen molar-refractivity contribution in [3.05, 3.63) is 30.3 Å². The summed E-state index contributed by atoms with van der Waals surface area (Å²) >= 11 is 0. The number of fused-ring (bicyclic) bond motifs is 4. The van der Waals surface area contributed by atoms with Crippen molar-refractivity contribution in [1.29, 1.82) is 0 Å². The van der Waals surface area contributed by atoms with Gasteiger partial charge >= 0.3 is 0 Å². The third-order valence-corrected chi connectivity index (χ3v) is 7.89. The monoisotopic (exact) mass is 390 g/mol. The van der Waals surface area contributed by atoms with Crippen molar-refractivity contribution in [2.75, 3.05) is 4.90 Å². The Morgan fingerprint density at radius 3 is 2.45 bits per heavy atom. The average molecular weight is 391 g/mol. The zero-order valence-corrected chi connectivity index (χ0v) is 17.1. The van der Waals surface area contributed by atoms with Crippen LogP contribution in [0.25, 0.3) is 11.4 Å². The van der Waals surface area contributed by atoms with Gasteiger partial charge in [0.15, 0.2) is 5.82 Å². The molecule has 3 saturated carbocycles. The van der Waals surface area contributed by atoms with Crippen LogP contribution in [0.1, 0.15) is 70.6 Å². The van der Waals surface area contributed by atoms with E-state index in [1.807, 2.05) is 18.2 Å². The summed E-state index contributed by atoms with van der Waals surface area (Å²) in [5.74, 6) is 2.66. The predicted octanol–water partition coefficient (Wildman–Crippen LogP) is 4.92. The van der Waals surface area contributed by atoms with Crippen molar-refractivity contribution in [1.82, 2.24) is 14.8 Å². The van der Waals surface area contributed by atoms with Gasteiger partial charge < -0.3 is 0 Å². The second kappa shape index (κ2) is 6.68. The highest BCUT2D eigenvalue weighted by molar-refractivity contribution is 5.96. The molecule has 6 rings (SSSR count). The molecule has 1 amide bonds. The van der Waals surface area contributed by atoms with E-state index in [2.05, 4.69) is 21.7 Å². The SMILES string of the molecule is O=C(C1CC1)N1c2nc(-c3ccccc3)nn2C2(CCCCC2)C2CCCCC21. The first-order valence-corrected chi connectivity index (χ1v) is 11.6. The van der Waals surface area contributed by atoms with E-state index in [4.69, 9.17) is 10.1 Å². The van der Waals surface area contributed by atoms with Crippen molar-refractivity contribution in [2.24, 2.45) is 11.8 Å². The van der Waals surface area contributed by atoms with E-state index in [9.17, 15) is 4.79 Å². The quantitative estimate of drug-likeness (QED) is 0.731. The Bertz CT molecular complexity index is 910. The van der Waals surface area contributed by atoms with E-state index >= 15 is 0 Å². The van der Waals surface area contributed by atoms with Gasteiger partial charge in [-0.1, -0.05) is 62.4 Å². The molecule has 0 saturated heterocycles. The van der Waals surface area contributed by atoms with Crippen LogP contribution in [0, 0.1) is 11.8 Å². The van der Waals surface area contributed by atoms with Crippen LogP contribution < -0.4 is 4.90 Å². The predicted molar refractivity (Wildman–Crippen MR) is 112 cm³/mol. The molecule has 2 aromatic rings. The largest absolute Gasteiger partial charge is 0.277 e. The third-order valence-electron chi connectivity index (χ3n) is 7.89. The first-order chi connectivity index (χ1) is 14.3. The summed E-state index contributed by atoms with van der Waals surface area (Å²) in [6.45, 7) is 0. The maximum Gasteiger partial charge on any atom is 0.232 e. The van der Waals surface area contributed by atoms with Crippen LogP contribution in [0.4, 0.5) is 5.95 Å². The maximum absolute atomic E-state index is 13.4. The Balaban J connectivity index is 1.54. The number of anilines is 1. The normalized spacial score (nSPS) is 28.1. The number of hydrogen-bond donors (Lipinski definition) is 0. The fourth-order valence-electron chi connectivity index (χ4n) is 6.36. The summed E-state index contributed by atoms with van der Waals surface area (Å²) in [4.78, 5) is 20.6. The lowest BCUT2D eigenvalue weighted by atomic mass is 9.64. The number of benzene rings is 1. The van der Waals surface area contributed by atoms with Crippen LogP contribution >= 0.6 is 0 Å². The van der Waals surface area contributed by atoms with E-state index in [0.717, 1.165) is 36.6 Å². The minimum absolute atomic E-state index is 0.0546. The van der Waals surface area contributed by atoms with Crippen molar-refractivity contribution < 1.29 is 4.79 Å². The highest BCUT2D eigenvalue weighted by Crippen LogP contribution is 2.53. The lowest BCUT2D eigenvalue weighted by Crippen LogP contribution is -2.61. The molecule has 3 aliphatic carbocycles. The summed E-state index contributed by atoms with van der Waals surface area (Å²) in [6.07, 6.45) is 13.1. The van der Waals surface area contributed by atoms with Gasteiger partial charge in [0.2, 0.25) is 11.9 Å². The number of carbonyl (C=O) groups excluding carboxylic acids is 1. The van der Waals surface area contributed by atoms with Gasteiger partial charge in [0.25, 0.3) is 0 Å². The fraction of sp³-hybridized carbons (Fsp3) is 0.625. The molecular weight excluding hydrogens is 360 g/mol. The molecule has 2 atom stereocenters. The zero-order valence-electron chi connectivity index (χ0n) is 17.1. The molecule has 152 valence electrons. The first-order valence-electron chi connectivity index (χ1n) is 11.6. The van der Waals surface area contributed by atoms with E-state index in [0.29, 0.717) is 17.9 Å². The fourth-order valence-corrected chi connectivity index (χ4v) is 6.36. The van der Waals surface area contributed by atoms with Crippen molar-refractivity contribution in [3.63, 3.8) is 0 Å². The van der Waals surface area contributed by atoms with Crippen LogP contribution in [-0.2, 0) is 10.3 Å². The molecule has 4 aliphatic rings. The molecular formula is C24H30N4O. The molecule has 0 N–H and O–H groups in total. The molecule has 2 unspecified atom stereocenters. The minimum atomic E-state index is 0.0546. The van der Waals surface area contributed by atoms with Crippen LogP contribution in [0.3, 0.4) is 0 Å². The highest BCUT2D eigenvalue weighted by Gasteiger charge is 2.56. The Morgan fingerprint density at radius 1 is 0.931 bits per heavy atom. The van der Waals surface area contributed by atoms with Gasteiger partial charge in [-0.15, -0.1) is 5.10 Å². The third kappa shape index (κ3) is 2.69. The Kier molecular flexibility index (Phi) is 4.07. The van der Waals surface area contributed by atoms with E-state index in [1.165, 1.54) is 51.4 Å². The van der Waals surface area contributed by atoms with Crippen molar-refractivity contribution in [3.8, 4) is 11.4 Å². The lowest BCUT2D eigenvalue weighted by molar-refractivity contribution is -0.122. The van der Waals surface area contributed by atoms with Gasteiger partial charge in [-0.05, 0) is 38.5 Å². The smallest absolute Gasteiger partial charge is 0.232 e. The molecule has 1 spiro atoms. The van der Waals surface area contributed by atoms with E-state index in [-0.39, 0.29) is 11.5 Å². The number of amides is 1. The lowest BCUT2D eigenvalue weighted by Gasteiger charge is -2.55. The Hall–Kier alpha value is -2.17. The van der Waals surface area contributed by atoms with Crippen LogP contribution in [0.5, 0.6) is 0 Å². The topological polar surface area (TPSA) is 51.0 Å². The molecule has 1 aromatic heterocycles. The number of nitrogens with zero attached hydrogens (tertiary/aromatic N) is 4. The highest BCUT2D eigenvalue weighted by atomic mass is 16.2. The van der Waals surface area contributed by atoms with Crippen molar-refractivity contribution in [2.45, 2.75) is 82.2 Å². The number of carbonyl (C=O) groups is 1.